The number of aromatic amines is 3. The van der Waals surface area contributed by atoms with Gasteiger partial charge in [-0.2, -0.15) is 0 Å². The second kappa shape index (κ2) is 10.8. The van der Waals surface area contributed by atoms with Gasteiger partial charge in [-0.3, -0.25) is 4.79 Å². The largest absolute Gasteiger partial charge is 0.497 e. The molecule has 7 nitrogen and oxygen atoms in total. The molecule has 2 aromatic carbocycles. The van der Waals surface area contributed by atoms with Gasteiger partial charge < -0.3 is 19.8 Å². The fraction of sp³-hybridized carbons (Fsp3) is 0.296. The minimum Gasteiger partial charge on any atom is -0.497 e. The Labute approximate surface area is 199 Å². The molecule has 0 saturated carbocycles. The lowest BCUT2D eigenvalue weighted by molar-refractivity contribution is -0.391. The fourth-order valence-electron chi connectivity index (χ4n) is 4.11. The number of hydrogen-bond donors (Lipinski definition) is 3. The van der Waals surface area contributed by atoms with E-state index in [1.54, 1.807) is 14.0 Å². The standard InChI is InChI=1S/C27H30N4O3/c1-18(32)9-5-3-8-12-23(26-28-17-25(30-26)19-10-6-4-7-11-19)31-27(33)24-16-20-15-21(34-2)13-14-22(20)29-24/h4,6-7,10-11,13-17,23,29H,3,5,8-9,12H2,1-2H3,(H,28,30)(H,31,33)/p+1/t23-/m0/s1. The van der Waals surface area contributed by atoms with Crippen LogP contribution in [0.2, 0.25) is 0 Å². The van der Waals surface area contributed by atoms with Gasteiger partial charge in [0, 0.05) is 22.9 Å². The molecule has 2 heterocycles. The highest BCUT2D eigenvalue weighted by Crippen LogP contribution is 2.24. The van der Waals surface area contributed by atoms with Gasteiger partial charge >= 0.3 is 0 Å². The van der Waals surface area contributed by atoms with Gasteiger partial charge in [-0.1, -0.05) is 43.2 Å². The van der Waals surface area contributed by atoms with Gasteiger partial charge in [-0.15, -0.1) is 0 Å². The van der Waals surface area contributed by atoms with Gasteiger partial charge in [0.05, 0.1) is 7.11 Å². The van der Waals surface area contributed by atoms with E-state index in [4.69, 9.17) is 4.74 Å². The van der Waals surface area contributed by atoms with Gasteiger partial charge in [0.2, 0.25) is 0 Å². The average Bonchev–Trinajstić information content (AvgIpc) is 3.50. The van der Waals surface area contributed by atoms with Crippen LogP contribution in [0.3, 0.4) is 0 Å². The Balaban J connectivity index is 1.51. The highest BCUT2D eigenvalue weighted by atomic mass is 16.5. The summed E-state index contributed by atoms with van der Waals surface area (Å²) >= 11 is 0. The van der Waals surface area contributed by atoms with Crippen molar-refractivity contribution in [1.82, 2.24) is 15.3 Å². The molecular weight excluding hydrogens is 428 g/mol. The third-order valence-electron chi connectivity index (χ3n) is 5.97. The number of amides is 1. The molecule has 0 aliphatic carbocycles. The summed E-state index contributed by atoms with van der Waals surface area (Å²) in [5, 5.41) is 4.09. The number of H-pyrrole nitrogens is 3. The molecule has 1 atom stereocenters. The number of hydrogen-bond acceptors (Lipinski definition) is 3. The zero-order valence-electron chi connectivity index (χ0n) is 19.6. The summed E-state index contributed by atoms with van der Waals surface area (Å²) in [4.78, 5) is 34.3. The van der Waals surface area contributed by atoms with Crippen molar-refractivity contribution in [2.75, 3.05) is 7.11 Å². The molecular formula is C27H31N4O3+. The molecule has 7 heteroatoms. The van der Waals surface area contributed by atoms with Crippen LogP contribution in [0.25, 0.3) is 22.2 Å². The molecule has 176 valence electrons. The van der Waals surface area contributed by atoms with Gasteiger partial charge in [0.1, 0.15) is 29.5 Å². The normalized spacial score (nSPS) is 11.9. The molecule has 2 aromatic heterocycles. The van der Waals surface area contributed by atoms with E-state index in [0.717, 1.165) is 59.4 Å². The third-order valence-corrected chi connectivity index (χ3v) is 5.97. The maximum atomic E-state index is 13.2. The number of nitrogens with one attached hydrogen (secondary N) is 4. The summed E-state index contributed by atoms with van der Waals surface area (Å²) in [5.74, 6) is 1.63. The van der Waals surface area contributed by atoms with Crippen LogP contribution < -0.4 is 15.0 Å². The number of aromatic nitrogens is 3. The van der Waals surface area contributed by atoms with Crippen LogP contribution in [0.1, 0.15) is 61.4 Å². The SMILES string of the molecule is COc1ccc2[nH]c(C(=O)N[C@@H](CCCCCC(C)=O)c3[nH]c(-c4ccccc4)c[nH+]3)cc2c1. The first-order valence-corrected chi connectivity index (χ1v) is 11.7. The Morgan fingerprint density at radius 2 is 1.85 bits per heavy atom. The summed E-state index contributed by atoms with van der Waals surface area (Å²) in [6.07, 6.45) is 5.98. The van der Waals surface area contributed by atoms with Gasteiger partial charge in [0.15, 0.2) is 5.69 Å². The van der Waals surface area contributed by atoms with E-state index in [-0.39, 0.29) is 17.7 Å². The Morgan fingerprint density at radius 3 is 2.62 bits per heavy atom. The van der Waals surface area contributed by atoms with E-state index in [0.29, 0.717) is 12.1 Å². The molecule has 4 rings (SSSR count). The molecule has 0 aliphatic rings. The summed E-state index contributed by atoms with van der Waals surface area (Å²) in [7, 11) is 1.62. The Hall–Kier alpha value is -3.87. The van der Waals surface area contributed by atoms with E-state index in [1.165, 1.54) is 0 Å². The smallest absolute Gasteiger partial charge is 0.275 e. The summed E-state index contributed by atoms with van der Waals surface area (Å²) in [5.41, 5.74) is 3.41. The number of rotatable bonds is 11. The zero-order valence-corrected chi connectivity index (χ0v) is 19.6. The van der Waals surface area contributed by atoms with E-state index >= 15 is 0 Å². The molecule has 4 N–H and O–H groups in total. The number of imidazole rings is 1. The number of carbonyl (C=O) groups is 2. The predicted molar refractivity (Wildman–Crippen MR) is 132 cm³/mol. The van der Waals surface area contributed by atoms with Crippen molar-refractivity contribution < 1.29 is 19.3 Å². The maximum absolute atomic E-state index is 13.2. The number of unbranched alkanes of at least 4 members (excludes halogenated alkanes) is 2. The minimum absolute atomic E-state index is 0.173. The lowest BCUT2D eigenvalue weighted by Gasteiger charge is -2.13. The van der Waals surface area contributed by atoms with Crippen LogP contribution >= 0.6 is 0 Å². The van der Waals surface area contributed by atoms with E-state index in [9.17, 15) is 9.59 Å². The lowest BCUT2D eigenvalue weighted by atomic mass is 10.1. The first kappa shape index (κ1) is 23.3. The molecule has 0 unspecified atom stereocenters. The fourth-order valence-corrected chi connectivity index (χ4v) is 4.11. The zero-order chi connectivity index (χ0) is 23.9. The first-order chi connectivity index (χ1) is 16.5. The van der Waals surface area contributed by atoms with Crippen LogP contribution in [0.15, 0.2) is 60.8 Å². The van der Waals surface area contributed by atoms with Crippen LogP contribution in [-0.2, 0) is 4.79 Å². The van der Waals surface area contributed by atoms with Crippen molar-refractivity contribution in [3.05, 3.63) is 72.3 Å². The van der Waals surface area contributed by atoms with Crippen molar-refractivity contribution in [1.29, 1.82) is 0 Å². The van der Waals surface area contributed by atoms with Crippen molar-refractivity contribution in [2.24, 2.45) is 0 Å². The van der Waals surface area contributed by atoms with Crippen LogP contribution in [0.5, 0.6) is 5.75 Å². The molecule has 34 heavy (non-hydrogen) atoms. The van der Waals surface area contributed by atoms with Crippen LogP contribution in [-0.4, -0.2) is 28.8 Å². The molecule has 0 spiro atoms. The Morgan fingerprint density at radius 1 is 1.03 bits per heavy atom. The minimum atomic E-state index is -0.219. The predicted octanol–water partition coefficient (Wildman–Crippen LogP) is 5.00. The highest BCUT2D eigenvalue weighted by Gasteiger charge is 2.24. The van der Waals surface area contributed by atoms with Gasteiger partial charge in [-0.05, 0) is 44.0 Å². The first-order valence-electron chi connectivity index (χ1n) is 11.7. The number of ketones is 1. The summed E-state index contributed by atoms with van der Waals surface area (Å²) < 4.78 is 5.29. The van der Waals surface area contributed by atoms with Crippen molar-refractivity contribution in [3.8, 4) is 17.0 Å². The second-order valence-electron chi connectivity index (χ2n) is 8.57. The Kier molecular flexibility index (Phi) is 7.42. The van der Waals surface area contributed by atoms with Crippen LogP contribution in [0, 0.1) is 0 Å². The number of carbonyl (C=O) groups excluding carboxylic acids is 2. The molecule has 4 aromatic rings. The van der Waals surface area contributed by atoms with Crippen molar-refractivity contribution >= 4 is 22.6 Å². The average molecular weight is 460 g/mol. The van der Waals surface area contributed by atoms with Gasteiger partial charge in [0.25, 0.3) is 11.7 Å². The van der Waals surface area contributed by atoms with Gasteiger partial charge in [-0.25, -0.2) is 9.97 Å². The number of ether oxygens (including phenoxy) is 1. The number of fused-ring (bicyclic) bond motifs is 1. The second-order valence-corrected chi connectivity index (χ2v) is 8.57. The topological polar surface area (TPSA) is 101 Å². The Bertz CT molecular complexity index is 1260. The quantitative estimate of drug-likeness (QED) is 0.275. The third kappa shape index (κ3) is 5.73. The molecule has 0 saturated heterocycles. The monoisotopic (exact) mass is 459 g/mol. The maximum Gasteiger partial charge on any atom is 0.275 e. The van der Waals surface area contributed by atoms with E-state index < -0.39 is 0 Å². The van der Waals surface area contributed by atoms with Crippen molar-refractivity contribution in [3.63, 3.8) is 0 Å². The molecule has 0 aliphatic heterocycles. The van der Waals surface area contributed by atoms with Crippen molar-refractivity contribution in [2.45, 2.75) is 45.1 Å². The summed E-state index contributed by atoms with van der Waals surface area (Å²) in [6, 6.07) is 17.3. The molecule has 0 radical (unpaired) electrons. The van der Waals surface area contributed by atoms with E-state index in [2.05, 4.69) is 20.3 Å². The number of methoxy groups -OCH3 is 1. The highest BCUT2D eigenvalue weighted by molar-refractivity contribution is 5.98. The molecule has 0 bridgehead atoms. The number of benzene rings is 2. The molecule has 0 fully saturated rings. The number of Topliss-reactive ketones (excluding diaryl/α,β-unsaturated/α-hetero) is 1. The lowest BCUT2D eigenvalue weighted by Crippen LogP contribution is -2.32. The van der Waals surface area contributed by atoms with E-state index in [1.807, 2.05) is 60.8 Å². The van der Waals surface area contributed by atoms with Crippen LogP contribution in [0.4, 0.5) is 0 Å². The molecule has 1 amide bonds. The summed E-state index contributed by atoms with van der Waals surface area (Å²) in [6.45, 7) is 1.62.